The summed E-state index contributed by atoms with van der Waals surface area (Å²) in [6.07, 6.45) is 3.26. The Morgan fingerprint density at radius 2 is 1.85 bits per heavy atom. The molecule has 1 aliphatic rings. The predicted molar refractivity (Wildman–Crippen MR) is 134 cm³/mol. The summed E-state index contributed by atoms with van der Waals surface area (Å²) in [5.41, 5.74) is 2.98. The number of aryl methyl sites for hydroxylation is 1. The van der Waals surface area contributed by atoms with Gasteiger partial charge in [0.05, 0.1) is 17.7 Å². The third-order valence-corrected chi connectivity index (χ3v) is 7.71. The lowest BCUT2D eigenvalue weighted by Gasteiger charge is -2.30. The Hall–Kier alpha value is -3.58. The molecule has 0 radical (unpaired) electrons. The highest BCUT2D eigenvalue weighted by molar-refractivity contribution is 7.92. The quantitative estimate of drug-likeness (QED) is 0.444. The van der Waals surface area contributed by atoms with E-state index in [1.54, 1.807) is 36.3 Å². The molecule has 34 heavy (non-hydrogen) atoms. The highest BCUT2D eigenvalue weighted by Crippen LogP contribution is 2.32. The Morgan fingerprint density at radius 3 is 2.59 bits per heavy atom. The Labute approximate surface area is 201 Å². The number of hydrogen-bond acceptors (Lipinski definition) is 4. The van der Waals surface area contributed by atoms with Gasteiger partial charge in [-0.2, -0.15) is 0 Å². The summed E-state index contributed by atoms with van der Waals surface area (Å²) in [4.78, 5) is 15.1. The Bertz CT molecular complexity index is 1290. The van der Waals surface area contributed by atoms with Gasteiger partial charge >= 0.3 is 0 Å². The van der Waals surface area contributed by atoms with Gasteiger partial charge in [0.25, 0.3) is 15.9 Å². The van der Waals surface area contributed by atoms with Gasteiger partial charge in [-0.25, -0.2) is 8.42 Å². The number of methoxy groups -OCH3 is 1. The van der Waals surface area contributed by atoms with Gasteiger partial charge in [-0.3, -0.25) is 9.10 Å². The number of ether oxygens (including phenoxy) is 1. The van der Waals surface area contributed by atoms with Crippen molar-refractivity contribution in [1.82, 2.24) is 4.90 Å². The summed E-state index contributed by atoms with van der Waals surface area (Å²) in [6, 6.07) is 21.3. The molecule has 4 rings (SSSR count). The highest BCUT2D eigenvalue weighted by Gasteiger charge is 2.29. The zero-order valence-electron chi connectivity index (χ0n) is 19.2. The van der Waals surface area contributed by atoms with Gasteiger partial charge in [0.1, 0.15) is 5.75 Å². The molecule has 1 aliphatic heterocycles. The number of sulfonamides is 1. The summed E-state index contributed by atoms with van der Waals surface area (Å²) < 4.78 is 33.7. The van der Waals surface area contributed by atoms with Gasteiger partial charge in [0, 0.05) is 25.2 Å². The Balaban J connectivity index is 1.61. The lowest BCUT2D eigenvalue weighted by molar-refractivity contribution is 0.0762. The first-order chi connectivity index (χ1) is 16.4. The van der Waals surface area contributed by atoms with E-state index < -0.39 is 10.0 Å². The summed E-state index contributed by atoms with van der Waals surface area (Å²) in [5, 5.41) is 0. The molecule has 3 aromatic rings. The van der Waals surface area contributed by atoms with Crippen LogP contribution in [-0.4, -0.2) is 39.4 Å². The number of carbonyl (C=O) groups is 1. The van der Waals surface area contributed by atoms with Crippen LogP contribution < -0.4 is 9.04 Å². The van der Waals surface area contributed by atoms with Crippen LogP contribution in [0.5, 0.6) is 5.75 Å². The normalized spacial score (nSPS) is 13.1. The van der Waals surface area contributed by atoms with Gasteiger partial charge in [-0.15, -0.1) is 6.58 Å². The van der Waals surface area contributed by atoms with E-state index in [0.717, 1.165) is 29.7 Å². The van der Waals surface area contributed by atoms with E-state index in [4.69, 9.17) is 4.74 Å². The SMILES string of the molecule is C=CCN(Cc1ccc(OC)cc1)C(=O)c1cccc(S(=O)(=O)N2CCCc3ccccc32)c1. The summed E-state index contributed by atoms with van der Waals surface area (Å²) in [5.74, 6) is 0.481. The van der Waals surface area contributed by atoms with E-state index >= 15 is 0 Å². The monoisotopic (exact) mass is 476 g/mol. The molecule has 6 nitrogen and oxygen atoms in total. The van der Waals surface area contributed by atoms with Crippen molar-refractivity contribution in [2.75, 3.05) is 24.5 Å². The van der Waals surface area contributed by atoms with E-state index in [-0.39, 0.29) is 10.8 Å². The molecule has 0 spiro atoms. The first-order valence-corrected chi connectivity index (χ1v) is 12.6. The van der Waals surface area contributed by atoms with E-state index in [9.17, 15) is 13.2 Å². The average Bonchev–Trinajstić information content (AvgIpc) is 2.88. The second kappa shape index (κ2) is 10.1. The maximum absolute atomic E-state index is 13.5. The van der Waals surface area contributed by atoms with Crippen molar-refractivity contribution in [3.63, 3.8) is 0 Å². The molecule has 0 atom stereocenters. The number of carbonyl (C=O) groups excluding carboxylic acids is 1. The van der Waals surface area contributed by atoms with Crippen molar-refractivity contribution in [2.45, 2.75) is 24.3 Å². The first-order valence-electron chi connectivity index (χ1n) is 11.2. The Morgan fingerprint density at radius 1 is 1.09 bits per heavy atom. The van der Waals surface area contributed by atoms with Crippen LogP contribution >= 0.6 is 0 Å². The fourth-order valence-electron chi connectivity index (χ4n) is 4.17. The molecule has 0 unspecified atom stereocenters. The van der Waals surface area contributed by atoms with Gasteiger partial charge in [0.2, 0.25) is 0 Å². The number of nitrogens with zero attached hydrogens (tertiary/aromatic N) is 2. The van der Waals surface area contributed by atoms with Crippen molar-refractivity contribution in [3.05, 3.63) is 102 Å². The van der Waals surface area contributed by atoms with Gasteiger partial charge in [0.15, 0.2) is 0 Å². The molecule has 0 aliphatic carbocycles. The molecule has 0 fully saturated rings. The fraction of sp³-hybridized carbons (Fsp3) is 0.222. The number of anilines is 1. The summed E-state index contributed by atoms with van der Waals surface area (Å²) in [7, 11) is -2.20. The largest absolute Gasteiger partial charge is 0.497 e. The van der Waals surface area contributed by atoms with Crippen molar-refractivity contribution in [1.29, 1.82) is 0 Å². The molecule has 176 valence electrons. The van der Waals surface area contributed by atoms with Crippen molar-refractivity contribution >= 4 is 21.6 Å². The molecule has 1 amide bonds. The standard InChI is InChI=1S/C27H28N2O4S/c1-3-17-28(20-21-13-15-24(33-2)16-14-21)27(30)23-9-6-11-25(19-23)34(31,32)29-18-7-10-22-8-4-5-12-26(22)29/h3-6,8-9,11-16,19H,1,7,10,17-18,20H2,2H3. The molecular weight excluding hydrogens is 448 g/mol. The fourth-order valence-corrected chi connectivity index (χ4v) is 5.76. The molecule has 7 heteroatoms. The molecule has 3 aromatic carbocycles. The number of benzene rings is 3. The average molecular weight is 477 g/mol. The number of fused-ring (bicyclic) bond motifs is 1. The lowest BCUT2D eigenvalue weighted by Crippen LogP contribution is -2.35. The zero-order chi connectivity index (χ0) is 24.1. The molecule has 0 N–H and O–H groups in total. The number of amides is 1. The number of rotatable bonds is 8. The van der Waals surface area contributed by atoms with Crippen LogP contribution in [0.15, 0.2) is 90.3 Å². The molecule has 0 aromatic heterocycles. The van der Waals surface area contributed by atoms with Crippen LogP contribution in [-0.2, 0) is 23.0 Å². The van der Waals surface area contributed by atoms with Crippen LogP contribution in [0.25, 0.3) is 0 Å². The minimum atomic E-state index is -3.81. The maximum atomic E-state index is 13.5. The topological polar surface area (TPSA) is 66.9 Å². The van der Waals surface area contributed by atoms with E-state index in [1.165, 1.54) is 10.4 Å². The van der Waals surface area contributed by atoms with E-state index in [0.29, 0.717) is 30.9 Å². The highest BCUT2D eigenvalue weighted by atomic mass is 32.2. The van der Waals surface area contributed by atoms with Crippen LogP contribution in [0.3, 0.4) is 0 Å². The van der Waals surface area contributed by atoms with Crippen LogP contribution in [0.4, 0.5) is 5.69 Å². The first kappa shape index (κ1) is 23.6. The molecule has 0 bridgehead atoms. The smallest absolute Gasteiger partial charge is 0.264 e. The lowest BCUT2D eigenvalue weighted by atomic mass is 10.0. The van der Waals surface area contributed by atoms with Crippen molar-refractivity contribution < 1.29 is 17.9 Å². The minimum Gasteiger partial charge on any atom is -0.497 e. The molecule has 1 heterocycles. The second-order valence-electron chi connectivity index (χ2n) is 8.16. The van der Waals surface area contributed by atoms with Crippen LogP contribution in [0.1, 0.15) is 27.9 Å². The maximum Gasteiger partial charge on any atom is 0.264 e. The third-order valence-electron chi connectivity index (χ3n) is 5.91. The summed E-state index contributed by atoms with van der Waals surface area (Å²) >= 11 is 0. The number of hydrogen-bond donors (Lipinski definition) is 0. The Kier molecular flexibility index (Phi) is 7.03. The zero-order valence-corrected chi connectivity index (χ0v) is 20.0. The molecule has 0 saturated heterocycles. The van der Waals surface area contributed by atoms with Gasteiger partial charge in [-0.1, -0.05) is 42.5 Å². The van der Waals surface area contributed by atoms with Crippen molar-refractivity contribution in [3.8, 4) is 5.75 Å². The second-order valence-corrected chi connectivity index (χ2v) is 10.0. The van der Waals surface area contributed by atoms with E-state index in [1.807, 2.05) is 48.5 Å². The number of para-hydroxylation sites is 1. The van der Waals surface area contributed by atoms with Gasteiger partial charge < -0.3 is 9.64 Å². The van der Waals surface area contributed by atoms with Crippen LogP contribution in [0, 0.1) is 0 Å². The molecular formula is C27H28N2O4S. The molecule has 0 saturated carbocycles. The third kappa shape index (κ3) is 4.84. The van der Waals surface area contributed by atoms with Crippen molar-refractivity contribution in [2.24, 2.45) is 0 Å². The summed E-state index contributed by atoms with van der Waals surface area (Å²) in [6.45, 7) is 4.88. The minimum absolute atomic E-state index is 0.109. The van der Waals surface area contributed by atoms with Crippen LogP contribution in [0.2, 0.25) is 0 Å². The van der Waals surface area contributed by atoms with Gasteiger partial charge in [-0.05, 0) is 60.4 Å². The van der Waals surface area contributed by atoms with E-state index in [2.05, 4.69) is 6.58 Å². The predicted octanol–water partition coefficient (Wildman–Crippen LogP) is 4.67.